The Morgan fingerprint density at radius 3 is 1.46 bits per heavy atom. The van der Waals surface area contributed by atoms with E-state index in [9.17, 15) is 10.2 Å². The Kier molecular flexibility index (Phi) is 6.88. The highest BCUT2D eigenvalue weighted by molar-refractivity contribution is 5.87. The van der Waals surface area contributed by atoms with Gasteiger partial charge in [-0.1, -0.05) is 84.0 Å². The van der Waals surface area contributed by atoms with Crippen molar-refractivity contribution in [1.82, 2.24) is 0 Å². The van der Waals surface area contributed by atoms with Crippen LogP contribution in [0.15, 0.2) is 95.1 Å². The van der Waals surface area contributed by atoms with Crippen molar-refractivity contribution < 1.29 is 19.7 Å². The molecule has 0 radical (unpaired) electrons. The van der Waals surface area contributed by atoms with Crippen LogP contribution in [0.2, 0.25) is 0 Å². The first-order valence-electron chi connectivity index (χ1n) is 13.3. The van der Waals surface area contributed by atoms with Gasteiger partial charge < -0.3 is 19.7 Å². The number of hydrogen-bond acceptors (Lipinski definition) is 4. The van der Waals surface area contributed by atoms with E-state index in [-0.39, 0.29) is 13.2 Å². The molecule has 0 saturated carbocycles. The number of ether oxygens (including phenoxy) is 2. The Morgan fingerprint density at radius 1 is 0.676 bits per heavy atom. The van der Waals surface area contributed by atoms with E-state index >= 15 is 0 Å². The van der Waals surface area contributed by atoms with Crippen LogP contribution in [0.4, 0.5) is 0 Å². The van der Waals surface area contributed by atoms with E-state index in [1.54, 1.807) is 0 Å². The highest BCUT2D eigenvalue weighted by Gasteiger charge is 2.50. The molecule has 0 aromatic heterocycles. The van der Waals surface area contributed by atoms with Gasteiger partial charge in [-0.15, -0.1) is 0 Å². The normalized spacial score (nSPS) is 26.0. The molecule has 2 unspecified atom stereocenters. The minimum atomic E-state index is -0.453. The second-order valence-corrected chi connectivity index (χ2v) is 11.0. The van der Waals surface area contributed by atoms with Crippen molar-refractivity contribution in [2.45, 2.75) is 57.2 Å². The van der Waals surface area contributed by atoms with Crippen molar-refractivity contribution in [3.05, 3.63) is 106 Å². The summed E-state index contributed by atoms with van der Waals surface area (Å²) in [7, 11) is 0. The van der Waals surface area contributed by atoms with Gasteiger partial charge in [-0.2, -0.15) is 0 Å². The molecule has 0 saturated heterocycles. The van der Waals surface area contributed by atoms with Crippen LogP contribution in [-0.2, 0) is 14.9 Å². The SMILES string of the molecule is CC1=C(C2(C3=C(C)CC(C)(OCCO)C=C3)c3ccccc3-c3ccccc32)C=CC(C)(OCCO)C1. The summed E-state index contributed by atoms with van der Waals surface area (Å²) < 4.78 is 12.1. The van der Waals surface area contributed by atoms with E-state index in [2.05, 4.69) is 101 Å². The van der Waals surface area contributed by atoms with Gasteiger partial charge in [0.05, 0.1) is 43.0 Å². The average molecular weight is 499 g/mol. The highest BCUT2D eigenvalue weighted by atomic mass is 16.5. The molecule has 0 fully saturated rings. The number of benzene rings is 2. The summed E-state index contributed by atoms with van der Waals surface area (Å²) in [4.78, 5) is 0. The lowest BCUT2D eigenvalue weighted by Crippen LogP contribution is -2.38. The zero-order valence-electron chi connectivity index (χ0n) is 22.4. The molecular weight excluding hydrogens is 460 g/mol. The molecule has 2 atom stereocenters. The summed E-state index contributed by atoms with van der Waals surface area (Å²) >= 11 is 0. The van der Waals surface area contributed by atoms with Gasteiger partial charge in [0, 0.05) is 12.8 Å². The lowest BCUT2D eigenvalue weighted by Gasteiger charge is -2.43. The van der Waals surface area contributed by atoms with Crippen molar-refractivity contribution in [2.24, 2.45) is 0 Å². The summed E-state index contributed by atoms with van der Waals surface area (Å²) in [5, 5.41) is 18.7. The topological polar surface area (TPSA) is 58.9 Å². The standard InChI is InChI=1S/C33H38O4/c1-23-21-31(3,36-19-17-34)15-13-27(23)33(28-14-16-32(4,22-24(28)2)37-20-18-35)29-11-7-5-9-25(29)26-10-6-8-12-30(26)33/h5-16,34-35H,17-22H2,1-4H3. The summed E-state index contributed by atoms with van der Waals surface area (Å²) in [6, 6.07) is 17.6. The number of hydrogen-bond donors (Lipinski definition) is 2. The highest BCUT2D eigenvalue weighted by Crippen LogP contribution is 2.60. The second-order valence-electron chi connectivity index (χ2n) is 11.0. The Balaban J connectivity index is 1.74. The molecule has 5 rings (SSSR count). The number of aliphatic hydroxyl groups is 2. The van der Waals surface area contributed by atoms with Gasteiger partial charge in [-0.3, -0.25) is 0 Å². The predicted molar refractivity (Wildman–Crippen MR) is 148 cm³/mol. The summed E-state index contributed by atoms with van der Waals surface area (Å²) in [6.07, 6.45) is 10.4. The fourth-order valence-corrected chi connectivity index (χ4v) is 6.77. The Hall–Kier alpha value is -2.76. The molecule has 194 valence electrons. The molecule has 0 amide bonds. The number of aliphatic hydroxyl groups excluding tert-OH is 2. The summed E-state index contributed by atoms with van der Waals surface area (Å²) in [6.45, 7) is 9.30. The maximum Gasteiger partial charge on any atom is 0.0875 e. The zero-order chi connectivity index (χ0) is 26.3. The molecule has 2 aromatic carbocycles. The first kappa shape index (κ1) is 25.9. The Labute approximate surface area is 220 Å². The minimum Gasteiger partial charge on any atom is -0.394 e. The van der Waals surface area contributed by atoms with E-state index in [1.807, 2.05) is 0 Å². The fraction of sp³-hybridized carbons (Fsp3) is 0.394. The molecule has 0 aliphatic heterocycles. The number of rotatable bonds is 8. The van der Waals surface area contributed by atoms with Crippen LogP contribution in [-0.4, -0.2) is 47.8 Å². The van der Waals surface area contributed by atoms with Gasteiger partial charge in [0.2, 0.25) is 0 Å². The molecule has 0 heterocycles. The predicted octanol–water partition coefficient (Wildman–Crippen LogP) is 6.04. The molecule has 0 bridgehead atoms. The van der Waals surface area contributed by atoms with Crippen molar-refractivity contribution >= 4 is 0 Å². The van der Waals surface area contributed by atoms with E-state index in [1.165, 1.54) is 44.5 Å². The first-order chi connectivity index (χ1) is 17.8. The van der Waals surface area contributed by atoms with Gasteiger partial charge in [0.25, 0.3) is 0 Å². The molecule has 4 nitrogen and oxygen atoms in total. The molecule has 2 N–H and O–H groups in total. The second kappa shape index (κ2) is 9.85. The maximum absolute atomic E-state index is 9.36. The lowest BCUT2D eigenvalue weighted by molar-refractivity contribution is -0.0136. The molecule has 3 aliphatic carbocycles. The van der Waals surface area contributed by atoms with Gasteiger partial charge in [0.15, 0.2) is 0 Å². The van der Waals surface area contributed by atoms with Crippen LogP contribution in [0.5, 0.6) is 0 Å². The maximum atomic E-state index is 9.36. The molecular formula is C33H38O4. The van der Waals surface area contributed by atoms with Crippen molar-refractivity contribution in [3.63, 3.8) is 0 Å². The molecule has 37 heavy (non-hydrogen) atoms. The van der Waals surface area contributed by atoms with Crippen LogP contribution in [0.25, 0.3) is 11.1 Å². The van der Waals surface area contributed by atoms with Gasteiger partial charge in [0.1, 0.15) is 0 Å². The monoisotopic (exact) mass is 498 g/mol. The third-order valence-corrected chi connectivity index (χ3v) is 8.16. The van der Waals surface area contributed by atoms with Crippen molar-refractivity contribution in [3.8, 4) is 11.1 Å². The lowest BCUT2D eigenvalue weighted by atomic mass is 9.61. The van der Waals surface area contributed by atoms with Gasteiger partial charge in [-0.05, 0) is 61.1 Å². The van der Waals surface area contributed by atoms with E-state index in [4.69, 9.17) is 9.47 Å². The van der Waals surface area contributed by atoms with E-state index in [0.717, 1.165) is 12.8 Å². The smallest absolute Gasteiger partial charge is 0.0875 e. The summed E-state index contributed by atoms with van der Waals surface area (Å²) in [5.41, 5.74) is 8.94. The van der Waals surface area contributed by atoms with Crippen molar-refractivity contribution in [1.29, 1.82) is 0 Å². The van der Waals surface area contributed by atoms with Crippen LogP contribution in [0.3, 0.4) is 0 Å². The molecule has 4 heteroatoms. The largest absolute Gasteiger partial charge is 0.394 e. The first-order valence-corrected chi connectivity index (χ1v) is 13.3. The van der Waals surface area contributed by atoms with Crippen LogP contribution in [0.1, 0.15) is 51.7 Å². The van der Waals surface area contributed by atoms with Gasteiger partial charge >= 0.3 is 0 Å². The van der Waals surface area contributed by atoms with Crippen LogP contribution in [0, 0.1) is 0 Å². The molecule has 0 spiro atoms. The third kappa shape index (κ3) is 4.26. The number of fused-ring (bicyclic) bond motifs is 3. The fourth-order valence-electron chi connectivity index (χ4n) is 6.77. The Bertz CT molecular complexity index is 1210. The van der Waals surface area contributed by atoms with Crippen LogP contribution >= 0.6 is 0 Å². The van der Waals surface area contributed by atoms with E-state index in [0.29, 0.717) is 13.2 Å². The third-order valence-electron chi connectivity index (χ3n) is 8.16. The van der Waals surface area contributed by atoms with E-state index < -0.39 is 16.6 Å². The molecule has 2 aromatic rings. The van der Waals surface area contributed by atoms with Crippen LogP contribution < -0.4 is 0 Å². The summed E-state index contributed by atoms with van der Waals surface area (Å²) in [5.74, 6) is 0. The quantitative estimate of drug-likeness (QED) is 0.466. The minimum absolute atomic E-state index is 0.0116. The van der Waals surface area contributed by atoms with Crippen molar-refractivity contribution in [2.75, 3.05) is 26.4 Å². The zero-order valence-corrected chi connectivity index (χ0v) is 22.4. The van der Waals surface area contributed by atoms with Gasteiger partial charge in [-0.25, -0.2) is 0 Å². The Morgan fingerprint density at radius 2 is 1.08 bits per heavy atom. The average Bonchev–Trinajstić information content (AvgIpc) is 3.18. The number of allylic oxidation sites excluding steroid dienone is 4. The molecule has 3 aliphatic rings.